The number of carbonyl (C=O) groups is 2. The molecule has 24 heavy (non-hydrogen) atoms. The fraction of sp³-hybridized carbons (Fsp3) is 0.353. The number of aryl methyl sites for hydroxylation is 2. The SMILES string of the molecule is CCOC(=O)c1sc(NC(=O)c2ccc(OCC)c(C)c2)nc1C. The van der Waals surface area contributed by atoms with Crippen molar-refractivity contribution in [1.82, 2.24) is 4.98 Å². The summed E-state index contributed by atoms with van der Waals surface area (Å²) < 4.78 is 10.4. The van der Waals surface area contributed by atoms with E-state index in [1.54, 1.807) is 32.0 Å². The number of amides is 1. The molecule has 1 N–H and O–H groups in total. The lowest BCUT2D eigenvalue weighted by Crippen LogP contribution is -2.12. The van der Waals surface area contributed by atoms with E-state index in [0.717, 1.165) is 22.6 Å². The summed E-state index contributed by atoms with van der Waals surface area (Å²) in [5.74, 6) is 0.0407. The van der Waals surface area contributed by atoms with Crippen LogP contribution in [-0.4, -0.2) is 30.1 Å². The minimum Gasteiger partial charge on any atom is -0.494 e. The molecule has 0 unspecified atom stereocenters. The molecular formula is C17H20N2O4S. The second-order valence-corrected chi connectivity index (χ2v) is 6.02. The molecule has 0 fully saturated rings. The van der Waals surface area contributed by atoms with Crippen LogP contribution in [-0.2, 0) is 4.74 Å². The Morgan fingerprint density at radius 3 is 2.58 bits per heavy atom. The summed E-state index contributed by atoms with van der Waals surface area (Å²) in [5.41, 5.74) is 1.92. The summed E-state index contributed by atoms with van der Waals surface area (Å²) in [5, 5.41) is 3.08. The molecular weight excluding hydrogens is 328 g/mol. The Kier molecular flexibility index (Phi) is 5.92. The lowest BCUT2D eigenvalue weighted by molar-refractivity contribution is 0.0531. The summed E-state index contributed by atoms with van der Waals surface area (Å²) in [6, 6.07) is 5.22. The Hall–Kier alpha value is -2.41. The smallest absolute Gasteiger partial charge is 0.350 e. The molecule has 2 rings (SSSR count). The van der Waals surface area contributed by atoms with Gasteiger partial charge >= 0.3 is 5.97 Å². The largest absolute Gasteiger partial charge is 0.494 e. The van der Waals surface area contributed by atoms with E-state index in [9.17, 15) is 9.59 Å². The highest BCUT2D eigenvalue weighted by Crippen LogP contribution is 2.25. The highest BCUT2D eigenvalue weighted by atomic mass is 32.1. The molecule has 0 aliphatic rings. The van der Waals surface area contributed by atoms with Crippen LogP contribution in [0.15, 0.2) is 18.2 Å². The average Bonchev–Trinajstić information content (AvgIpc) is 2.90. The van der Waals surface area contributed by atoms with Crippen molar-refractivity contribution in [2.45, 2.75) is 27.7 Å². The fourth-order valence-electron chi connectivity index (χ4n) is 2.11. The van der Waals surface area contributed by atoms with Gasteiger partial charge in [-0.05, 0) is 51.5 Å². The van der Waals surface area contributed by atoms with Crippen LogP contribution in [0.25, 0.3) is 0 Å². The van der Waals surface area contributed by atoms with Crippen molar-refractivity contribution in [2.75, 3.05) is 18.5 Å². The van der Waals surface area contributed by atoms with Crippen molar-refractivity contribution in [2.24, 2.45) is 0 Å². The van der Waals surface area contributed by atoms with Crippen LogP contribution in [0.5, 0.6) is 5.75 Å². The van der Waals surface area contributed by atoms with E-state index < -0.39 is 5.97 Å². The molecule has 1 heterocycles. The Labute approximate surface area is 144 Å². The Bertz CT molecular complexity index is 755. The number of aromatic nitrogens is 1. The number of nitrogens with one attached hydrogen (secondary N) is 1. The molecule has 0 spiro atoms. The van der Waals surface area contributed by atoms with Gasteiger partial charge in [-0.15, -0.1) is 0 Å². The maximum atomic E-state index is 12.4. The van der Waals surface area contributed by atoms with Gasteiger partial charge in [0.05, 0.1) is 18.9 Å². The van der Waals surface area contributed by atoms with E-state index in [4.69, 9.17) is 9.47 Å². The van der Waals surface area contributed by atoms with E-state index in [1.165, 1.54) is 0 Å². The van der Waals surface area contributed by atoms with Gasteiger partial charge in [0.1, 0.15) is 10.6 Å². The van der Waals surface area contributed by atoms with Gasteiger partial charge < -0.3 is 9.47 Å². The molecule has 0 atom stereocenters. The van der Waals surface area contributed by atoms with Crippen molar-refractivity contribution in [3.05, 3.63) is 39.9 Å². The average molecular weight is 348 g/mol. The van der Waals surface area contributed by atoms with Crippen molar-refractivity contribution in [3.8, 4) is 5.75 Å². The minimum absolute atomic E-state index is 0.287. The van der Waals surface area contributed by atoms with E-state index in [2.05, 4.69) is 10.3 Å². The quantitative estimate of drug-likeness (QED) is 0.807. The fourth-order valence-corrected chi connectivity index (χ4v) is 2.97. The molecule has 0 aliphatic heterocycles. The van der Waals surface area contributed by atoms with Crippen molar-refractivity contribution in [3.63, 3.8) is 0 Å². The maximum Gasteiger partial charge on any atom is 0.350 e. The first kappa shape index (κ1) is 17.9. The first-order valence-electron chi connectivity index (χ1n) is 7.65. The van der Waals surface area contributed by atoms with Crippen LogP contribution in [0.3, 0.4) is 0 Å². The van der Waals surface area contributed by atoms with Crippen LogP contribution in [0.2, 0.25) is 0 Å². The third-order valence-electron chi connectivity index (χ3n) is 3.21. The zero-order valence-electron chi connectivity index (χ0n) is 14.1. The zero-order chi connectivity index (χ0) is 17.7. The van der Waals surface area contributed by atoms with E-state index in [-0.39, 0.29) is 5.91 Å². The number of hydrogen-bond donors (Lipinski definition) is 1. The van der Waals surface area contributed by atoms with Gasteiger partial charge in [-0.1, -0.05) is 11.3 Å². The third-order valence-corrected chi connectivity index (χ3v) is 4.27. The van der Waals surface area contributed by atoms with Gasteiger partial charge in [-0.3, -0.25) is 10.1 Å². The highest BCUT2D eigenvalue weighted by Gasteiger charge is 2.18. The molecule has 1 aromatic heterocycles. The van der Waals surface area contributed by atoms with Gasteiger partial charge in [-0.2, -0.15) is 0 Å². The first-order valence-corrected chi connectivity index (χ1v) is 8.47. The summed E-state index contributed by atoms with van der Waals surface area (Å²) in [6.45, 7) is 8.11. The van der Waals surface area contributed by atoms with Crippen LogP contribution in [0.4, 0.5) is 5.13 Å². The van der Waals surface area contributed by atoms with Crippen LogP contribution in [0, 0.1) is 13.8 Å². The summed E-state index contributed by atoms with van der Waals surface area (Å²) in [6.07, 6.45) is 0. The molecule has 0 bridgehead atoms. The number of hydrogen-bond acceptors (Lipinski definition) is 6. The standard InChI is InChI=1S/C17H20N2O4S/c1-5-22-13-8-7-12(9-10(13)3)15(20)19-17-18-11(4)14(24-17)16(21)23-6-2/h7-9H,5-6H2,1-4H3,(H,18,19,20). The zero-order valence-corrected chi connectivity index (χ0v) is 15.0. The number of rotatable bonds is 6. The van der Waals surface area contributed by atoms with Gasteiger partial charge in [0.15, 0.2) is 5.13 Å². The molecule has 0 aliphatic carbocycles. The van der Waals surface area contributed by atoms with E-state index >= 15 is 0 Å². The topological polar surface area (TPSA) is 77.5 Å². The van der Waals surface area contributed by atoms with Crippen molar-refractivity contribution >= 4 is 28.3 Å². The first-order chi connectivity index (χ1) is 11.5. The van der Waals surface area contributed by atoms with Crippen LogP contribution in [0.1, 0.15) is 45.1 Å². The normalized spacial score (nSPS) is 10.3. The second kappa shape index (κ2) is 7.92. The number of carbonyl (C=O) groups excluding carboxylic acids is 2. The maximum absolute atomic E-state index is 12.4. The number of ether oxygens (including phenoxy) is 2. The molecule has 128 valence electrons. The molecule has 2 aromatic rings. The molecule has 7 heteroatoms. The lowest BCUT2D eigenvalue weighted by atomic mass is 10.1. The Morgan fingerprint density at radius 2 is 1.96 bits per heavy atom. The molecule has 6 nitrogen and oxygen atoms in total. The predicted molar refractivity (Wildman–Crippen MR) is 93.1 cm³/mol. The summed E-state index contributed by atoms with van der Waals surface area (Å²) in [4.78, 5) is 28.8. The summed E-state index contributed by atoms with van der Waals surface area (Å²) in [7, 11) is 0. The van der Waals surface area contributed by atoms with Crippen molar-refractivity contribution < 1.29 is 19.1 Å². The van der Waals surface area contributed by atoms with Gasteiger partial charge in [-0.25, -0.2) is 9.78 Å². The van der Waals surface area contributed by atoms with Gasteiger partial charge in [0.2, 0.25) is 0 Å². The molecule has 1 aromatic carbocycles. The molecule has 1 amide bonds. The highest BCUT2D eigenvalue weighted by molar-refractivity contribution is 7.17. The van der Waals surface area contributed by atoms with E-state index in [1.807, 2.05) is 13.8 Å². The number of thiazole rings is 1. The lowest BCUT2D eigenvalue weighted by Gasteiger charge is -2.08. The van der Waals surface area contributed by atoms with Gasteiger partial charge in [0, 0.05) is 5.56 Å². The van der Waals surface area contributed by atoms with Crippen LogP contribution < -0.4 is 10.1 Å². The van der Waals surface area contributed by atoms with Crippen LogP contribution >= 0.6 is 11.3 Å². The molecule has 0 radical (unpaired) electrons. The van der Waals surface area contributed by atoms with E-state index in [0.29, 0.717) is 34.5 Å². The predicted octanol–water partition coefficient (Wildman–Crippen LogP) is 3.59. The minimum atomic E-state index is -0.426. The monoisotopic (exact) mass is 348 g/mol. The molecule has 0 saturated carbocycles. The number of esters is 1. The number of benzene rings is 1. The third kappa shape index (κ3) is 4.11. The Morgan fingerprint density at radius 1 is 1.21 bits per heavy atom. The second-order valence-electron chi connectivity index (χ2n) is 5.02. The number of nitrogens with zero attached hydrogens (tertiary/aromatic N) is 1. The van der Waals surface area contributed by atoms with Crippen molar-refractivity contribution in [1.29, 1.82) is 0 Å². The Balaban J connectivity index is 2.14. The molecule has 0 saturated heterocycles. The summed E-state index contributed by atoms with van der Waals surface area (Å²) >= 11 is 1.10. The van der Waals surface area contributed by atoms with Gasteiger partial charge in [0.25, 0.3) is 5.91 Å². The number of anilines is 1.